The molecule has 0 aliphatic heterocycles. The molecule has 1 rings (SSSR count). The smallest absolute Gasteiger partial charge is 0.303 e. The number of halogens is 3. The van der Waals surface area contributed by atoms with Gasteiger partial charge in [-0.05, 0) is 30.0 Å². The maximum absolute atomic E-state index is 13.5. The van der Waals surface area contributed by atoms with Gasteiger partial charge in [0, 0.05) is 11.4 Å². The monoisotopic (exact) mass is 349 g/mol. The van der Waals surface area contributed by atoms with Crippen molar-refractivity contribution in [2.24, 2.45) is 5.41 Å². The average Bonchev–Trinajstić information content (AvgIpc) is 2.30. The first-order chi connectivity index (χ1) is 10.0. The lowest BCUT2D eigenvalue weighted by atomic mass is 9.85. The second-order valence-electron chi connectivity index (χ2n) is 5.99. The number of hydrogen-bond donors (Lipinski definition) is 2. The highest BCUT2D eigenvalue weighted by Gasteiger charge is 2.26. The topological polar surface area (TPSA) is 66.4 Å². The number of carboxylic acids is 1. The number of aliphatic carboxylic acids is 1. The van der Waals surface area contributed by atoms with Gasteiger partial charge in [-0.3, -0.25) is 9.59 Å². The lowest BCUT2D eigenvalue weighted by Gasteiger charge is -2.23. The summed E-state index contributed by atoms with van der Waals surface area (Å²) in [6.45, 7) is 5.05. The van der Waals surface area contributed by atoms with Gasteiger partial charge in [-0.1, -0.05) is 37.0 Å². The van der Waals surface area contributed by atoms with E-state index in [9.17, 15) is 14.0 Å². The van der Waals surface area contributed by atoms with Crippen LogP contribution in [0.4, 0.5) is 4.39 Å². The molecule has 1 aromatic carbocycles. The Morgan fingerprint density at radius 2 is 1.86 bits per heavy atom. The summed E-state index contributed by atoms with van der Waals surface area (Å²) in [5.41, 5.74) is -0.266. The summed E-state index contributed by atoms with van der Waals surface area (Å²) in [7, 11) is 0. The molecule has 122 valence electrons. The summed E-state index contributed by atoms with van der Waals surface area (Å²) in [6.07, 6.45) is -0.0809. The fourth-order valence-electron chi connectivity index (χ4n) is 2.15. The Bertz CT molecular complexity index is 590. The molecule has 1 unspecified atom stereocenters. The Morgan fingerprint density at radius 1 is 1.27 bits per heavy atom. The molecule has 0 radical (unpaired) electrons. The zero-order valence-electron chi connectivity index (χ0n) is 12.5. The molecule has 1 aromatic rings. The lowest BCUT2D eigenvalue weighted by molar-refractivity contribution is -0.139. The molecule has 0 saturated carbocycles. The molecular formula is C15H18Cl2FNO3. The van der Waals surface area contributed by atoms with Crippen LogP contribution >= 0.6 is 23.2 Å². The Kier molecular flexibility index (Phi) is 6.20. The van der Waals surface area contributed by atoms with Crippen LogP contribution in [0.2, 0.25) is 10.0 Å². The van der Waals surface area contributed by atoms with Crippen molar-refractivity contribution >= 4 is 35.1 Å². The Hall–Kier alpha value is -1.33. The third kappa shape index (κ3) is 5.46. The highest BCUT2D eigenvalue weighted by atomic mass is 35.5. The van der Waals surface area contributed by atoms with E-state index >= 15 is 0 Å². The highest BCUT2D eigenvalue weighted by molar-refractivity contribution is 6.35. The minimum atomic E-state index is -0.964. The molecule has 7 heteroatoms. The first-order valence-corrected chi connectivity index (χ1v) is 7.43. The maximum atomic E-state index is 13.5. The van der Waals surface area contributed by atoms with Crippen molar-refractivity contribution in [1.82, 2.24) is 5.32 Å². The zero-order valence-corrected chi connectivity index (χ0v) is 14.1. The van der Waals surface area contributed by atoms with Crippen LogP contribution in [0.25, 0.3) is 0 Å². The predicted molar refractivity (Wildman–Crippen MR) is 83.6 cm³/mol. The van der Waals surface area contributed by atoms with Gasteiger partial charge >= 0.3 is 5.97 Å². The molecule has 22 heavy (non-hydrogen) atoms. The molecule has 2 N–H and O–H groups in total. The fourth-order valence-corrected chi connectivity index (χ4v) is 2.69. The third-order valence-corrected chi connectivity index (χ3v) is 3.77. The van der Waals surface area contributed by atoms with E-state index in [2.05, 4.69) is 5.32 Å². The standard InChI is InChI=1S/C15H18Cl2FNO3/c1-8(9-4-12(18)11(17)5-10(9)16)19-13(20)6-15(2,3)7-14(21)22/h4-5,8H,6-7H2,1-3H3,(H,19,20)(H,21,22). The maximum Gasteiger partial charge on any atom is 0.303 e. The molecule has 1 amide bonds. The molecule has 0 aliphatic rings. The molecule has 0 fully saturated rings. The predicted octanol–water partition coefficient (Wildman–Crippen LogP) is 4.20. The minimum absolute atomic E-state index is 0.0390. The number of carbonyl (C=O) groups is 2. The van der Waals surface area contributed by atoms with Crippen LogP contribution in [0.5, 0.6) is 0 Å². The number of amides is 1. The summed E-state index contributed by atoms with van der Waals surface area (Å²) in [4.78, 5) is 22.8. The Labute approximate surface area is 138 Å². The average molecular weight is 350 g/mol. The van der Waals surface area contributed by atoms with E-state index in [1.165, 1.54) is 12.1 Å². The van der Waals surface area contributed by atoms with Crippen molar-refractivity contribution in [3.8, 4) is 0 Å². The molecule has 0 bridgehead atoms. The van der Waals surface area contributed by atoms with Crippen LogP contribution in [0.1, 0.15) is 45.2 Å². The molecule has 0 aliphatic carbocycles. The van der Waals surface area contributed by atoms with Gasteiger partial charge in [-0.15, -0.1) is 0 Å². The van der Waals surface area contributed by atoms with Gasteiger partial charge in [0.25, 0.3) is 0 Å². The van der Waals surface area contributed by atoms with Gasteiger partial charge < -0.3 is 10.4 Å². The van der Waals surface area contributed by atoms with E-state index in [1.807, 2.05) is 0 Å². The van der Waals surface area contributed by atoms with E-state index in [0.29, 0.717) is 5.56 Å². The van der Waals surface area contributed by atoms with Gasteiger partial charge in [-0.25, -0.2) is 4.39 Å². The van der Waals surface area contributed by atoms with Gasteiger partial charge in [0.05, 0.1) is 17.5 Å². The number of hydrogen-bond acceptors (Lipinski definition) is 2. The first-order valence-electron chi connectivity index (χ1n) is 6.67. The molecule has 0 spiro atoms. The Balaban J connectivity index is 2.76. The van der Waals surface area contributed by atoms with Crippen LogP contribution in [0, 0.1) is 11.2 Å². The normalized spacial score (nSPS) is 12.8. The van der Waals surface area contributed by atoms with Crippen molar-refractivity contribution in [2.75, 3.05) is 0 Å². The van der Waals surface area contributed by atoms with Crippen molar-refractivity contribution in [3.05, 3.63) is 33.6 Å². The van der Waals surface area contributed by atoms with E-state index in [0.717, 1.165) is 0 Å². The second-order valence-corrected chi connectivity index (χ2v) is 6.80. The van der Waals surface area contributed by atoms with E-state index in [1.54, 1.807) is 20.8 Å². The SMILES string of the molecule is CC(NC(=O)CC(C)(C)CC(=O)O)c1cc(F)c(Cl)cc1Cl. The van der Waals surface area contributed by atoms with Gasteiger partial charge in [0.15, 0.2) is 0 Å². The molecule has 0 saturated heterocycles. The molecule has 0 aromatic heterocycles. The largest absolute Gasteiger partial charge is 0.481 e. The van der Waals surface area contributed by atoms with Crippen molar-refractivity contribution in [3.63, 3.8) is 0 Å². The van der Waals surface area contributed by atoms with Crippen molar-refractivity contribution in [1.29, 1.82) is 0 Å². The van der Waals surface area contributed by atoms with Crippen LogP contribution in [0.3, 0.4) is 0 Å². The summed E-state index contributed by atoms with van der Waals surface area (Å²) < 4.78 is 13.5. The number of carbonyl (C=O) groups excluding carboxylic acids is 1. The van der Waals surface area contributed by atoms with E-state index in [4.69, 9.17) is 28.3 Å². The van der Waals surface area contributed by atoms with E-state index in [-0.39, 0.29) is 28.8 Å². The minimum Gasteiger partial charge on any atom is -0.481 e. The van der Waals surface area contributed by atoms with Crippen molar-refractivity contribution < 1.29 is 19.1 Å². The highest BCUT2D eigenvalue weighted by Crippen LogP contribution is 2.29. The summed E-state index contributed by atoms with van der Waals surface area (Å²) in [5.74, 6) is -1.91. The van der Waals surface area contributed by atoms with Crippen LogP contribution in [0.15, 0.2) is 12.1 Å². The van der Waals surface area contributed by atoms with E-state index < -0.39 is 23.2 Å². The number of carboxylic acid groups (broad SMARTS) is 1. The third-order valence-electron chi connectivity index (χ3n) is 3.15. The first kappa shape index (κ1) is 18.7. The van der Waals surface area contributed by atoms with Gasteiger partial charge in [0.1, 0.15) is 5.82 Å². The summed E-state index contributed by atoms with van der Waals surface area (Å²) in [6, 6.07) is 1.94. The zero-order chi connectivity index (χ0) is 17.1. The number of benzene rings is 1. The van der Waals surface area contributed by atoms with Crippen molar-refractivity contribution in [2.45, 2.75) is 39.7 Å². The van der Waals surface area contributed by atoms with Crippen LogP contribution in [-0.2, 0) is 9.59 Å². The summed E-state index contributed by atoms with van der Waals surface area (Å²) in [5, 5.41) is 11.7. The molecule has 1 atom stereocenters. The molecule has 0 heterocycles. The van der Waals surface area contributed by atoms with Gasteiger partial charge in [0.2, 0.25) is 5.91 Å². The Morgan fingerprint density at radius 3 is 2.41 bits per heavy atom. The van der Waals surface area contributed by atoms with Crippen LogP contribution < -0.4 is 5.32 Å². The fraction of sp³-hybridized carbons (Fsp3) is 0.467. The number of rotatable bonds is 6. The second kappa shape index (κ2) is 7.29. The van der Waals surface area contributed by atoms with Gasteiger partial charge in [-0.2, -0.15) is 0 Å². The summed E-state index contributed by atoms with van der Waals surface area (Å²) >= 11 is 11.6. The van der Waals surface area contributed by atoms with Crippen LogP contribution in [-0.4, -0.2) is 17.0 Å². The molecular weight excluding hydrogens is 332 g/mol. The molecule has 4 nitrogen and oxygen atoms in total. The number of nitrogens with one attached hydrogen (secondary N) is 1. The quantitative estimate of drug-likeness (QED) is 0.756. The lowest BCUT2D eigenvalue weighted by Crippen LogP contribution is -2.32.